The van der Waals surface area contributed by atoms with Gasteiger partial charge in [-0.25, -0.2) is 0 Å². The predicted molar refractivity (Wildman–Crippen MR) is 57.8 cm³/mol. The Kier molecular flexibility index (Phi) is 7.16. The maximum Gasteiger partial charge on any atom is 0.0571 e. The van der Waals surface area contributed by atoms with Crippen LogP contribution in [0.5, 0.6) is 0 Å². The minimum absolute atomic E-state index is 0.440. The molecule has 0 heterocycles. The highest BCUT2D eigenvalue weighted by molar-refractivity contribution is 9.09. The molecule has 0 amide bonds. The van der Waals surface area contributed by atoms with E-state index in [0.717, 1.165) is 23.6 Å². The van der Waals surface area contributed by atoms with Crippen molar-refractivity contribution in [3.63, 3.8) is 0 Å². The fourth-order valence-corrected chi connectivity index (χ4v) is 2.29. The molecule has 2 atom stereocenters. The molecule has 0 N–H and O–H groups in total. The van der Waals surface area contributed by atoms with Crippen LogP contribution in [-0.2, 0) is 4.74 Å². The number of hydrogen-bond acceptors (Lipinski definition) is 1. The van der Waals surface area contributed by atoms with Crippen LogP contribution in [0.2, 0.25) is 0 Å². The second kappa shape index (κ2) is 6.90. The number of halogens is 1. The largest absolute Gasteiger partial charge is 0.381 e. The number of rotatable bonds is 6. The van der Waals surface area contributed by atoms with Gasteiger partial charge in [-0.15, -0.1) is 0 Å². The van der Waals surface area contributed by atoms with Crippen molar-refractivity contribution in [2.45, 2.75) is 39.7 Å². The summed E-state index contributed by atoms with van der Waals surface area (Å²) in [5, 5.41) is 1.09. The highest BCUT2D eigenvalue weighted by Gasteiger charge is 2.16. The maximum absolute atomic E-state index is 5.36. The van der Waals surface area contributed by atoms with E-state index in [9.17, 15) is 0 Å². The summed E-state index contributed by atoms with van der Waals surface area (Å²) < 4.78 is 5.36. The first-order chi connectivity index (χ1) is 5.65. The van der Waals surface area contributed by atoms with Gasteiger partial charge in [0.1, 0.15) is 0 Å². The minimum Gasteiger partial charge on any atom is -0.381 e. The van der Waals surface area contributed by atoms with Crippen molar-refractivity contribution in [2.24, 2.45) is 11.8 Å². The van der Waals surface area contributed by atoms with E-state index in [1.807, 2.05) is 0 Å². The molecular formula is C10H21BrO. The Hall–Kier alpha value is 0.440. The smallest absolute Gasteiger partial charge is 0.0571 e. The van der Waals surface area contributed by atoms with Gasteiger partial charge in [0, 0.05) is 12.4 Å². The van der Waals surface area contributed by atoms with E-state index in [1.54, 1.807) is 7.11 Å². The molecule has 0 aliphatic heterocycles. The zero-order valence-corrected chi connectivity index (χ0v) is 10.2. The average Bonchev–Trinajstić information content (AvgIpc) is 2.06. The van der Waals surface area contributed by atoms with Crippen LogP contribution < -0.4 is 0 Å². The molecule has 2 heteroatoms. The van der Waals surface area contributed by atoms with Gasteiger partial charge in [-0.3, -0.25) is 0 Å². The standard InChI is InChI=1S/C10H21BrO/c1-5-10(12-4)6-9(7-11)8(2)3/h8-10H,5-7H2,1-4H3. The third-order valence-corrected chi connectivity index (χ3v) is 3.33. The van der Waals surface area contributed by atoms with Crippen LogP contribution >= 0.6 is 15.9 Å². The van der Waals surface area contributed by atoms with Crippen molar-refractivity contribution in [3.8, 4) is 0 Å². The van der Waals surface area contributed by atoms with Gasteiger partial charge in [0.2, 0.25) is 0 Å². The lowest BCUT2D eigenvalue weighted by Gasteiger charge is -2.22. The molecule has 74 valence electrons. The van der Waals surface area contributed by atoms with Crippen LogP contribution in [0.3, 0.4) is 0 Å². The van der Waals surface area contributed by atoms with Gasteiger partial charge < -0.3 is 4.74 Å². The summed E-state index contributed by atoms with van der Waals surface area (Å²) >= 11 is 3.55. The van der Waals surface area contributed by atoms with Crippen LogP contribution in [0.1, 0.15) is 33.6 Å². The first kappa shape index (κ1) is 12.4. The molecule has 0 fully saturated rings. The third-order valence-electron chi connectivity index (χ3n) is 2.50. The Bertz CT molecular complexity index is 100. The van der Waals surface area contributed by atoms with E-state index in [1.165, 1.54) is 6.42 Å². The van der Waals surface area contributed by atoms with Crippen LogP contribution in [-0.4, -0.2) is 18.5 Å². The zero-order chi connectivity index (χ0) is 9.56. The lowest BCUT2D eigenvalue weighted by atomic mass is 9.91. The van der Waals surface area contributed by atoms with Gasteiger partial charge >= 0.3 is 0 Å². The number of ether oxygens (including phenoxy) is 1. The first-order valence-corrected chi connectivity index (χ1v) is 5.86. The van der Waals surface area contributed by atoms with Gasteiger partial charge in [0.15, 0.2) is 0 Å². The molecule has 12 heavy (non-hydrogen) atoms. The summed E-state index contributed by atoms with van der Waals surface area (Å²) in [5.74, 6) is 1.49. The molecule has 0 radical (unpaired) electrons. The SMILES string of the molecule is CCC(CC(CBr)C(C)C)OC. The van der Waals surface area contributed by atoms with Gasteiger partial charge in [-0.1, -0.05) is 36.7 Å². The summed E-state index contributed by atoms with van der Waals surface area (Å²) in [4.78, 5) is 0. The van der Waals surface area contributed by atoms with Crippen molar-refractivity contribution in [1.29, 1.82) is 0 Å². The number of hydrogen-bond donors (Lipinski definition) is 0. The fraction of sp³-hybridized carbons (Fsp3) is 1.00. The van der Waals surface area contributed by atoms with Crippen LogP contribution in [0.4, 0.5) is 0 Å². The highest BCUT2D eigenvalue weighted by atomic mass is 79.9. The molecule has 0 saturated heterocycles. The van der Waals surface area contributed by atoms with Gasteiger partial charge in [-0.05, 0) is 24.7 Å². The summed E-state index contributed by atoms with van der Waals surface area (Å²) in [6.45, 7) is 6.72. The Morgan fingerprint density at radius 2 is 1.92 bits per heavy atom. The summed E-state index contributed by atoms with van der Waals surface area (Å²) in [6, 6.07) is 0. The van der Waals surface area contributed by atoms with E-state index < -0.39 is 0 Å². The maximum atomic E-state index is 5.36. The molecule has 0 saturated carbocycles. The van der Waals surface area contributed by atoms with Gasteiger partial charge in [0.05, 0.1) is 6.10 Å². The molecule has 0 bridgehead atoms. The Labute approximate surface area is 85.0 Å². The van der Waals surface area contributed by atoms with Crippen molar-refractivity contribution >= 4 is 15.9 Å². The highest BCUT2D eigenvalue weighted by Crippen LogP contribution is 2.21. The lowest BCUT2D eigenvalue weighted by molar-refractivity contribution is 0.0737. The van der Waals surface area contributed by atoms with Crippen molar-refractivity contribution in [3.05, 3.63) is 0 Å². The molecule has 2 unspecified atom stereocenters. The summed E-state index contributed by atoms with van der Waals surface area (Å²) in [5.41, 5.74) is 0. The molecule has 0 spiro atoms. The molecular weight excluding hydrogens is 216 g/mol. The molecule has 0 aromatic carbocycles. The second-order valence-corrected chi connectivity index (χ2v) is 4.31. The predicted octanol–water partition coefficient (Wildman–Crippen LogP) is 3.47. The second-order valence-electron chi connectivity index (χ2n) is 3.66. The molecule has 0 aromatic rings. The van der Waals surface area contributed by atoms with Crippen LogP contribution in [0.15, 0.2) is 0 Å². The van der Waals surface area contributed by atoms with E-state index in [0.29, 0.717) is 6.10 Å². The monoisotopic (exact) mass is 236 g/mol. The molecule has 1 nitrogen and oxygen atoms in total. The first-order valence-electron chi connectivity index (χ1n) is 4.74. The van der Waals surface area contributed by atoms with Crippen molar-refractivity contribution in [1.82, 2.24) is 0 Å². The topological polar surface area (TPSA) is 9.23 Å². The Balaban J connectivity index is 3.82. The Morgan fingerprint density at radius 1 is 1.33 bits per heavy atom. The van der Waals surface area contributed by atoms with Crippen molar-refractivity contribution in [2.75, 3.05) is 12.4 Å². The van der Waals surface area contributed by atoms with E-state index in [-0.39, 0.29) is 0 Å². The lowest BCUT2D eigenvalue weighted by Crippen LogP contribution is -2.20. The normalized spacial score (nSPS) is 16.5. The zero-order valence-electron chi connectivity index (χ0n) is 8.64. The molecule has 0 rings (SSSR count). The Morgan fingerprint density at radius 3 is 2.17 bits per heavy atom. The average molecular weight is 237 g/mol. The quantitative estimate of drug-likeness (QED) is 0.643. The summed E-state index contributed by atoms with van der Waals surface area (Å²) in [6.07, 6.45) is 2.73. The number of alkyl halides is 1. The number of methoxy groups -OCH3 is 1. The molecule has 0 aliphatic rings. The van der Waals surface area contributed by atoms with Crippen LogP contribution in [0, 0.1) is 11.8 Å². The van der Waals surface area contributed by atoms with E-state index >= 15 is 0 Å². The van der Waals surface area contributed by atoms with Gasteiger partial charge in [0.25, 0.3) is 0 Å². The molecule has 0 aliphatic carbocycles. The minimum atomic E-state index is 0.440. The molecule has 0 aromatic heterocycles. The van der Waals surface area contributed by atoms with Crippen LogP contribution in [0.25, 0.3) is 0 Å². The van der Waals surface area contributed by atoms with Crippen molar-refractivity contribution < 1.29 is 4.74 Å². The summed E-state index contributed by atoms with van der Waals surface area (Å²) in [7, 11) is 1.81. The van der Waals surface area contributed by atoms with Gasteiger partial charge in [-0.2, -0.15) is 0 Å². The fourth-order valence-electron chi connectivity index (χ4n) is 1.28. The third kappa shape index (κ3) is 4.46. The van der Waals surface area contributed by atoms with E-state index in [2.05, 4.69) is 36.7 Å². The van der Waals surface area contributed by atoms with E-state index in [4.69, 9.17) is 4.74 Å².